The van der Waals surface area contributed by atoms with E-state index in [0.717, 1.165) is 5.56 Å². The van der Waals surface area contributed by atoms with Gasteiger partial charge in [-0.3, -0.25) is 9.59 Å². The molecule has 0 aliphatic carbocycles. The van der Waals surface area contributed by atoms with E-state index in [2.05, 4.69) is 15.6 Å². The molecule has 0 atom stereocenters. The van der Waals surface area contributed by atoms with E-state index in [1.165, 1.54) is 0 Å². The Morgan fingerprint density at radius 1 is 1.40 bits per heavy atom. The first-order valence-electron chi connectivity index (χ1n) is 4.66. The average molecular weight is 207 g/mol. The zero-order chi connectivity index (χ0) is 11.3. The second-order valence-electron chi connectivity index (χ2n) is 2.98. The van der Waals surface area contributed by atoms with E-state index in [1.54, 1.807) is 32.2 Å². The maximum Gasteiger partial charge on any atom is 0.314 e. The third kappa shape index (κ3) is 3.05. The average Bonchev–Trinajstić information content (AvgIpc) is 2.21. The van der Waals surface area contributed by atoms with Crippen molar-refractivity contribution in [2.75, 3.05) is 11.9 Å². The van der Waals surface area contributed by atoms with Crippen molar-refractivity contribution in [3.8, 4) is 0 Å². The molecule has 0 aliphatic rings. The van der Waals surface area contributed by atoms with Crippen LogP contribution in [0.2, 0.25) is 0 Å². The molecule has 1 aromatic heterocycles. The summed E-state index contributed by atoms with van der Waals surface area (Å²) >= 11 is 0. The molecule has 0 unspecified atom stereocenters. The molecule has 1 heterocycles. The van der Waals surface area contributed by atoms with Gasteiger partial charge in [-0.2, -0.15) is 0 Å². The SMILES string of the molecule is CCNC(=O)C(=O)Nc1ncccc1C. The normalized spacial score (nSPS) is 9.47. The van der Waals surface area contributed by atoms with Crippen LogP contribution in [0.25, 0.3) is 0 Å². The fourth-order valence-corrected chi connectivity index (χ4v) is 1.02. The van der Waals surface area contributed by atoms with Crippen LogP contribution in [-0.2, 0) is 9.59 Å². The summed E-state index contributed by atoms with van der Waals surface area (Å²) in [5, 5.41) is 4.84. The van der Waals surface area contributed by atoms with Crippen molar-refractivity contribution in [3.05, 3.63) is 23.9 Å². The molecule has 2 amide bonds. The molecule has 0 aromatic carbocycles. The van der Waals surface area contributed by atoms with Gasteiger partial charge in [0.2, 0.25) is 0 Å². The Bertz CT molecular complexity index is 377. The van der Waals surface area contributed by atoms with Crippen LogP contribution >= 0.6 is 0 Å². The summed E-state index contributed by atoms with van der Waals surface area (Å²) in [5.74, 6) is -0.935. The van der Waals surface area contributed by atoms with Crippen LogP contribution in [-0.4, -0.2) is 23.3 Å². The van der Waals surface area contributed by atoms with Crippen LogP contribution in [0.5, 0.6) is 0 Å². The van der Waals surface area contributed by atoms with Gasteiger partial charge in [-0.05, 0) is 25.5 Å². The van der Waals surface area contributed by atoms with Crippen LogP contribution in [0.15, 0.2) is 18.3 Å². The van der Waals surface area contributed by atoms with Gasteiger partial charge in [0.05, 0.1) is 0 Å². The Morgan fingerprint density at radius 3 is 2.73 bits per heavy atom. The number of anilines is 1. The lowest BCUT2D eigenvalue weighted by atomic mass is 10.3. The van der Waals surface area contributed by atoms with Gasteiger partial charge in [-0.1, -0.05) is 6.07 Å². The Labute approximate surface area is 87.9 Å². The van der Waals surface area contributed by atoms with Crippen molar-refractivity contribution < 1.29 is 9.59 Å². The lowest BCUT2D eigenvalue weighted by molar-refractivity contribution is -0.136. The number of carbonyl (C=O) groups excluding carboxylic acids is 2. The highest BCUT2D eigenvalue weighted by atomic mass is 16.2. The van der Waals surface area contributed by atoms with Crippen molar-refractivity contribution in [3.63, 3.8) is 0 Å². The highest BCUT2D eigenvalue weighted by molar-refractivity contribution is 6.39. The number of nitrogens with one attached hydrogen (secondary N) is 2. The van der Waals surface area contributed by atoms with Gasteiger partial charge in [-0.15, -0.1) is 0 Å². The number of nitrogens with zero attached hydrogens (tertiary/aromatic N) is 1. The van der Waals surface area contributed by atoms with Crippen LogP contribution < -0.4 is 10.6 Å². The van der Waals surface area contributed by atoms with Gasteiger partial charge in [0.25, 0.3) is 0 Å². The summed E-state index contributed by atoms with van der Waals surface area (Å²) in [5.41, 5.74) is 0.815. The highest BCUT2D eigenvalue weighted by Crippen LogP contribution is 2.08. The molecule has 2 N–H and O–H groups in total. The monoisotopic (exact) mass is 207 g/mol. The molecule has 0 saturated heterocycles. The molecule has 0 bridgehead atoms. The van der Waals surface area contributed by atoms with Gasteiger partial charge in [0, 0.05) is 12.7 Å². The standard InChI is InChI=1S/C10H13N3O2/c1-3-11-9(14)10(15)13-8-7(2)5-4-6-12-8/h4-6H,3H2,1-2H3,(H,11,14)(H,12,13,15). The van der Waals surface area contributed by atoms with Gasteiger partial charge < -0.3 is 10.6 Å². The van der Waals surface area contributed by atoms with Crippen LogP contribution in [0.4, 0.5) is 5.82 Å². The van der Waals surface area contributed by atoms with Crippen LogP contribution in [0.1, 0.15) is 12.5 Å². The molecular formula is C10H13N3O2. The summed E-state index contributed by atoms with van der Waals surface area (Å²) < 4.78 is 0. The highest BCUT2D eigenvalue weighted by Gasteiger charge is 2.13. The number of hydrogen-bond acceptors (Lipinski definition) is 3. The van der Waals surface area contributed by atoms with E-state index in [0.29, 0.717) is 12.4 Å². The number of aromatic nitrogens is 1. The summed E-state index contributed by atoms with van der Waals surface area (Å²) in [6.07, 6.45) is 1.56. The second-order valence-corrected chi connectivity index (χ2v) is 2.98. The van der Waals surface area contributed by atoms with E-state index in [9.17, 15) is 9.59 Å². The molecule has 5 heteroatoms. The largest absolute Gasteiger partial charge is 0.348 e. The number of pyridine rings is 1. The molecule has 5 nitrogen and oxygen atoms in total. The molecular weight excluding hydrogens is 194 g/mol. The molecule has 0 fully saturated rings. The molecule has 0 aliphatic heterocycles. The number of aryl methyl sites for hydroxylation is 1. The minimum Gasteiger partial charge on any atom is -0.348 e. The summed E-state index contributed by atoms with van der Waals surface area (Å²) in [4.78, 5) is 26.3. The summed E-state index contributed by atoms with van der Waals surface area (Å²) in [7, 11) is 0. The predicted molar refractivity (Wildman–Crippen MR) is 56.3 cm³/mol. The lowest BCUT2D eigenvalue weighted by Gasteiger charge is -2.05. The van der Waals surface area contributed by atoms with Crippen molar-refractivity contribution >= 4 is 17.6 Å². The Hall–Kier alpha value is -1.91. The molecule has 0 radical (unpaired) electrons. The summed E-state index contributed by atoms with van der Waals surface area (Å²) in [6.45, 7) is 3.98. The van der Waals surface area contributed by atoms with Crippen LogP contribution in [0.3, 0.4) is 0 Å². The fourth-order valence-electron chi connectivity index (χ4n) is 1.02. The molecule has 15 heavy (non-hydrogen) atoms. The fraction of sp³-hybridized carbons (Fsp3) is 0.300. The Kier molecular flexibility index (Phi) is 3.79. The maximum atomic E-state index is 11.3. The first-order chi connectivity index (χ1) is 7.15. The molecule has 0 spiro atoms. The van der Waals surface area contributed by atoms with Gasteiger partial charge in [-0.25, -0.2) is 4.98 Å². The first-order valence-corrected chi connectivity index (χ1v) is 4.66. The third-order valence-corrected chi connectivity index (χ3v) is 1.78. The topological polar surface area (TPSA) is 71.1 Å². The van der Waals surface area contributed by atoms with Crippen molar-refractivity contribution in [2.24, 2.45) is 0 Å². The number of rotatable bonds is 2. The summed E-state index contributed by atoms with van der Waals surface area (Å²) in [6, 6.07) is 3.57. The van der Waals surface area contributed by atoms with E-state index >= 15 is 0 Å². The van der Waals surface area contributed by atoms with Gasteiger partial charge >= 0.3 is 11.8 Å². The van der Waals surface area contributed by atoms with Gasteiger partial charge in [0.1, 0.15) is 5.82 Å². The first kappa shape index (κ1) is 11.2. The molecule has 1 rings (SSSR count). The van der Waals surface area contributed by atoms with Crippen LogP contribution in [0, 0.1) is 6.92 Å². The van der Waals surface area contributed by atoms with E-state index < -0.39 is 11.8 Å². The Balaban J connectivity index is 2.67. The maximum absolute atomic E-state index is 11.3. The van der Waals surface area contributed by atoms with Crippen molar-refractivity contribution in [1.29, 1.82) is 0 Å². The quantitative estimate of drug-likeness (QED) is 0.692. The lowest BCUT2D eigenvalue weighted by Crippen LogP contribution is -2.35. The molecule has 0 saturated carbocycles. The zero-order valence-electron chi connectivity index (χ0n) is 8.70. The Morgan fingerprint density at radius 2 is 2.13 bits per heavy atom. The number of amides is 2. The van der Waals surface area contributed by atoms with Crippen molar-refractivity contribution in [1.82, 2.24) is 10.3 Å². The number of hydrogen-bond donors (Lipinski definition) is 2. The molecule has 1 aromatic rings. The zero-order valence-corrected chi connectivity index (χ0v) is 8.70. The third-order valence-electron chi connectivity index (χ3n) is 1.78. The number of likely N-dealkylation sites (N-methyl/N-ethyl adjacent to an activating group) is 1. The molecule has 80 valence electrons. The van der Waals surface area contributed by atoms with E-state index in [1.807, 2.05) is 0 Å². The van der Waals surface area contributed by atoms with Gasteiger partial charge in [0.15, 0.2) is 0 Å². The minimum atomic E-state index is -0.696. The van der Waals surface area contributed by atoms with Crippen molar-refractivity contribution in [2.45, 2.75) is 13.8 Å². The second kappa shape index (κ2) is 5.09. The predicted octanol–water partition coefficient (Wildman–Crippen LogP) is 0.465. The van der Waals surface area contributed by atoms with E-state index in [4.69, 9.17) is 0 Å². The smallest absolute Gasteiger partial charge is 0.314 e. The number of carbonyl (C=O) groups is 2. The van der Waals surface area contributed by atoms with E-state index in [-0.39, 0.29) is 0 Å². The minimum absolute atomic E-state index is 0.411.